The molecule has 4 rings (SSSR count). The molecule has 1 atom stereocenters. The summed E-state index contributed by atoms with van der Waals surface area (Å²) in [6, 6.07) is 18.9. The SMILES string of the molecule is CCCCCc1cccc(C(=N)N)c1C1Sc2ccc(NS(=O)(=O)c3ccccc3)cc2NC1=O. The van der Waals surface area contributed by atoms with Crippen molar-refractivity contribution < 1.29 is 13.2 Å². The maximum atomic E-state index is 13.3. The van der Waals surface area contributed by atoms with Gasteiger partial charge in [0.15, 0.2) is 0 Å². The highest BCUT2D eigenvalue weighted by atomic mass is 32.2. The number of amides is 1. The smallest absolute Gasteiger partial charge is 0.261 e. The summed E-state index contributed by atoms with van der Waals surface area (Å²) in [6.07, 6.45) is 3.97. The Hall–Kier alpha value is -3.30. The monoisotopic (exact) mass is 508 g/mol. The Morgan fingerprint density at radius 1 is 1.09 bits per heavy atom. The van der Waals surface area contributed by atoms with Gasteiger partial charge in [-0.1, -0.05) is 56.2 Å². The van der Waals surface area contributed by atoms with E-state index in [1.54, 1.807) is 42.5 Å². The van der Waals surface area contributed by atoms with Crippen LogP contribution in [0.5, 0.6) is 0 Å². The van der Waals surface area contributed by atoms with E-state index >= 15 is 0 Å². The number of nitrogens with one attached hydrogen (secondary N) is 3. The van der Waals surface area contributed by atoms with Crippen LogP contribution >= 0.6 is 11.8 Å². The molecule has 1 aliphatic rings. The number of carbonyl (C=O) groups is 1. The zero-order chi connectivity index (χ0) is 25.0. The summed E-state index contributed by atoms with van der Waals surface area (Å²) < 4.78 is 27.9. The number of nitrogen functional groups attached to an aromatic ring is 1. The van der Waals surface area contributed by atoms with Gasteiger partial charge in [-0.15, -0.1) is 11.8 Å². The molecule has 35 heavy (non-hydrogen) atoms. The van der Waals surface area contributed by atoms with E-state index in [1.807, 2.05) is 12.1 Å². The molecule has 182 valence electrons. The molecule has 1 heterocycles. The van der Waals surface area contributed by atoms with Crippen molar-refractivity contribution in [3.05, 3.63) is 83.4 Å². The van der Waals surface area contributed by atoms with E-state index in [9.17, 15) is 13.2 Å². The van der Waals surface area contributed by atoms with Crippen LogP contribution in [0.1, 0.15) is 48.1 Å². The first-order valence-corrected chi connectivity index (χ1v) is 13.8. The Bertz CT molecular complexity index is 1360. The van der Waals surface area contributed by atoms with Crippen LogP contribution in [0.4, 0.5) is 11.4 Å². The molecule has 0 fully saturated rings. The van der Waals surface area contributed by atoms with Gasteiger partial charge in [-0.3, -0.25) is 14.9 Å². The second-order valence-electron chi connectivity index (χ2n) is 8.37. The summed E-state index contributed by atoms with van der Waals surface area (Å²) in [4.78, 5) is 14.2. The highest BCUT2D eigenvalue weighted by Gasteiger charge is 2.32. The fourth-order valence-electron chi connectivity index (χ4n) is 4.12. The molecule has 0 bridgehead atoms. The largest absolute Gasteiger partial charge is 0.384 e. The van der Waals surface area contributed by atoms with Gasteiger partial charge >= 0.3 is 0 Å². The minimum Gasteiger partial charge on any atom is -0.384 e. The number of anilines is 2. The van der Waals surface area contributed by atoms with Crippen molar-refractivity contribution in [2.24, 2.45) is 5.73 Å². The molecule has 1 amide bonds. The van der Waals surface area contributed by atoms with Crippen molar-refractivity contribution in [1.29, 1.82) is 5.41 Å². The quantitative estimate of drug-likeness (QED) is 0.178. The lowest BCUT2D eigenvalue weighted by Crippen LogP contribution is -2.27. The molecule has 5 N–H and O–H groups in total. The number of sulfonamides is 1. The van der Waals surface area contributed by atoms with E-state index in [0.717, 1.165) is 41.7 Å². The Morgan fingerprint density at radius 3 is 2.57 bits per heavy atom. The number of nitrogens with two attached hydrogens (primary N) is 1. The molecule has 9 heteroatoms. The van der Waals surface area contributed by atoms with Gasteiger partial charge in [-0.2, -0.15) is 0 Å². The molecular formula is C26H28N4O3S2. The molecule has 3 aromatic carbocycles. The number of hydrogen-bond acceptors (Lipinski definition) is 5. The van der Waals surface area contributed by atoms with Crippen LogP contribution in [0, 0.1) is 5.41 Å². The molecule has 1 aliphatic heterocycles. The zero-order valence-corrected chi connectivity index (χ0v) is 21.0. The molecule has 0 saturated carbocycles. The number of unbranched alkanes of at least 4 members (excludes halogenated alkanes) is 2. The Kier molecular flexibility index (Phi) is 7.47. The maximum Gasteiger partial charge on any atom is 0.261 e. The van der Waals surface area contributed by atoms with Crippen molar-refractivity contribution in [1.82, 2.24) is 0 Å². The first kappa shape index (κ1) is 24.8. The van der Waals surface area contributed by atoms with Crippen LogP contribution in [0.2, 0.25) is 0 Å². The standard InChI is InChI=1S/C26H28N4O3S2/c1-2-3-5-9-17-10-8-13-20(25(27)28)23(17)24-26(31)29-21-16-18(14-15-22(21)34-24)30-35(32,33)19-11-6-4-7-12-19/h4,6-8,10-16,24,30H,2-3,5,9H2,1H3,(H3,27,28)(H,29,31). The Morgan fingerprint density at radius 2 is 1.86 bits per heavy atom. The third kappa shape index (κ3) is 5.52. The van der Waals surface area contributed by atoms with Gasteiger partial charge in [0.2, 0.25) is 5.91 Å². The molecule has 0 saturated heterocycles. The van der Waals surface area contributed by atoms with Crippen molar-refractivity contribution >= 4 is 44.9 Å². The molecule has 0 aliphatic carbocycles. The minimum atomic E-state index is -3.75. The summed E-state index contributed by atoms with van der Waals surface area (Å²) in [5, 5.41) is 10.4. The Balaban J connectivity index is 1.63. The lowest BCUT2D eigenvalue weighted by molar-refractivity contribution is -0.115. The summed E-state index contributed by atoms with van der Waals surface area (Å²) >= 11 is 1.38. The molecule has 0 radical (unpaired) electrons. The van der Waals surface area contributed by atoms with Crippen LogP contribution in [0.3, 0.4) is 0 Å². The maximum absolute atomic E-state index is 13.3. The van der Waals surface area contributed by atoms with E-state index in [-0.39, 0.29) is 16.6 Å². The molecule has 0 aromatic heterocycles. The molecule has 7 nitrogen and oxygen atoms in total. The second-order valence-corrected chi connectivity index (χ2v) is 11.2. The van der Waals surface area contributed by atoms with Gasteiger partial charge in [-0.05, 0) is 54.3 Å². The van der Waals surface area contributed by atoms with Crippen molar-refractivity contribution in [2.75, 3.05) is 10.0 Å². The molecule has 0 spiro atoms. The normalized spacial score (nSPS) is 15.2. The third-order valence-electron chi connectivity index (χ3n) is 5.82. The van der Waals surface area contributed by atoms with E-state index in [4.69, 9.17) is 11.1 Å². The van der Waals surface area contributed by atoms with Crippen LogP contribution in [0.25, 0.3) is 0 Å². The van der Waals surface area contributed by atoms with Gasteiger partial charge in [0.05, 0.1) is 16.3 Å². The van der Waals surface area contributed by atoms with Crippen molar-refractivity contribution in [2.45, 2.75) is 47.6 Å². The van der Waals surface area contributed by atoms with Crippen LogP contribution < -0.4 is 15.8 Å². The number of aryl methyl sites for hydroxylation is 1. The van der Waals surface area contributed by atoms with E-state index in [0.29, 0.717) is 16.9 Å². The number of rotatable bonds is 9. The highest BCUT2D eigenvalue weighted by Crippen LogP contribution is 2.46. The van der Waals surface area contributed by atoms with Crippen LogP contribution in [0.15, 0.2) is 76.5 Å². The Labute approximate surface area is 210 Å². The van der Waals surface area contributed by atoms with Crippen LogP contribution in [-0.4, -0.2) is 20.2 Å². The van der Waals surface area contributed by atoms with E-state index in [2.05, 4.69) is 17.0 Å². The fourth-order valence-corrected chi connectivity index (χ4v) is 6.39. The number of amidine groups is 1. The van der Waals surface area contributed by atoms with Gasteiger partial charge < -0.3 is 11.1 Å². The average molecular weight is 509 g/mol. The van der Waals surface area contributed by atoms with Gasteiger partial charge in [0, 0.05) is 10.5 Å². The van der Waals surface area contributed by atoms with Crippen molar-refractivity contribution in [3.8, 4) is 0 Å². The third-order valence-corrected chi connectivity index (χ3v) is 8.52. The summed E-state index contributed by atoms with van der Waals surface area (Å²) in [5.74, 6) is -0.293. The molecule has 3 aromatic rings. The van der Waals surface area contributed by atoms with Crippen molar-refractivity contribution in [3.63, 3.8) is 0 Å². The predicted octanol–water partition coefficient (Wildman–Crippen LogP) is 5.29. The number of hydrogen-bond donors (Lipinski definition) is 4. The number of benzene rings is 3. The van der Waals surface area contributed by atoms with Gasteiger partial charge in [0.25, 0.3) is 10.0 Å². The second kappa shape index (κ2) is 10.5. The van der Waals surface area contributed by atoms with Gasteiger partial charge in [-0.25, -0.2) is 8.42 Å². The zero-order valence-electron chi connectivity index (χ0n) is 19.4. The first-order valence-electron chi connectivity index (χ1n) is 11.5. The summed E-state index contributed by atoms with van der Waals surface area (Å²) in [5.41, 5.74) is 9.16. The fraction of sp³-hybridized carbons (Fsp3) is 0.231. The summed E-state index contributed by atoms with van der Waals surface area (Å²) in [7, 11) is -3.75. The number of fused-ring (bicyclic) bond motifs is 1. The topological polar surface area (TPSA) is 125 Å². The van der Waals surface area contributed by atoms with E-state index in [1.165, 1.54) is 23.9 Å². The minimum absolute atomic E-state index is 0.0674. The van der Waals surface area contributed by atoms with E-state index < -0.39 is 15.3 Å². The van der Waals surface area contributed by atoms with Gasteiger partial charge in [0.1, 0.15) is 11.1 Å². The lowest BCUT2D eigenvalue weighted by Gasteiger charge is -2.28. The molecular weight excluding hydrogens is 480 g/mol. The number of carbonyl (C=O) groups excluding carboxylic acids is 1. The lowest BCUT2D eigenvalue weighted by atomic mass is 9.93. The molecule has 1 unspecified atom stereocenters. The first-order chi connectivity index (χ1) is 16.8. The average Bonchev–Trinajstić information content (AvgIpc) is 2.84. The predicted molar refractivity (Wildman–Crippen MR) is 142 cm³/mol. The number of thioether (sulfide) groups is 1. The summed E-state index contributed by atoms with van der Waals surface area (Å²) in [6.45, 7) is 2.14. The van der Waals surface area contributed by atoms with Crippen LogP contribution in [-0.2, 0) is 21.2 Å². The highest BCUT2D eigenvalue weighted by molar-refractivity contribution is 8.00.